The van der Waals surface area contributed by atoms with Crippen molar-refractivity contribution in [3.8, 4) is 0 Å². The van der Waals surface area contributed by atoms with Crippen molar-refractivity contribution in [2.24, 2.45) is 0 Å². The van der Waals surface area contributed by atoms with Crippen molar-refractivity contribution >= 4 is 50.8 Å². The molecule has 10 heteroatoms. The molecule has 1 aliphatic rings. The first-order valence-corrected chi connectivity index (χ1v) is 10.9. The van der Waals surface area contributed by atoms with Crippen molar-refractivity contribution in [1.82, 2.24) is 4.31 Å². The Hall–Kier alpha value is -1.35. The molecule has 0 N–H and O–H groups in total. The van der Waals surface area contributed by atoms with Crippen LogP contribution in [-0.4, -0.2) is 45.0 Å². The third-order valence-corrected chi connectivity index (χ3v) is 7.11. The summed E-state index contributed by atoms with van der Waals surface area (Å²) in [6.07, 6.45) is 0. The van der Waals surface area contributed by atoms with Crippen molar-refractivity contribution in [2.75, 3.05) is 26.3 Å². The van der Waals surface area contributed by atoms with Crippen molar-refractivity contribution in [1.29, 1.82) is 0 Å². The van der Waals surface area contributed by atoms with Gasteiger partial charge in [0.1, 0.15) is 6.61 Å². The topological polar surface area (TPSA) is 72.9 Å². The van der Waals surface area contributed by atoms with E-state index in [0.717, 1.165) is 0 Å². The summed E-state index contributed by atoms with van der Waals surface area (Å²) in [6.45, 7) is 0.959. The molecule has 150 valence electrons. The minimum Gasteiger partial charge on any atom is -0.457 e. The van der Waals surface area contributed by atoms with Crippen LogP contribution in [0.15, 0.2) is 41.3 Å². The normalized spacial score (nSPS) is 15.4. The number of halogens is 3. The van der Waals surface area contributed by atoms with Gasteiger partial charge >= 0.3 is 5.97 Å². The lowest BCUT2D eigenvalue weighted by molar-refractivity contribution is 0.0473. The molecular formula is C18H16Cl3NO5S. The molecule has 1 heterocycles. The monoisotopic (exact) mass is 463 g/mol. The summed E-state index contributed by atoms with van der Waals surface area (Å²) < 4.78 is 37.3. The minimum absolute atomic E-state index is 0.0403. The lowest BCUT2D eigenvalue weighted by Crippen LogP contribution is -2.40. The predicted molar refractivity (Wildman–Crippen MR) is 107 cm³/mol. The van der Waals surface area contributed by atoms with Gasteiger partial charge in [0.05, 0.1) is 28.7 Å². The van der Waals surface area contributed by atoms with Gasteiger partial charge in [0.2, 0.25) is 10.0 Å². The number of morpholine rings is 1. The number of carbonyl (C=O) groups is 1. The van der Waals surface area contributed by atoms with E-state index in [-0.39, 0.29) is 35.2 Å². The number of hydrogen-bond donors (Lipinski definition) is 0. The highest BCUT2D eigenvalue weighted by Gasteiger charge is 2.28. The maximum Gasteiger partial charge on any atom is 0.340 e. The molecule has 1 saturated heterocycles. The molecule has 0 spiro atoms. The molecular weight excluding hydrogens is 449 g/mol. The van der Waals surface area contributed by atoms with Crippen LogP contribution in [0, 0.1) is 0 Å². The largest absolute Gasteiger partial charge is 0.457 e. The molecule has 6 nitrogen and oxygen atoms in total. The highest BCUT2D eigenvalue weighted by atomic mass is 35.5. The SMILES string of the molecule is O=C(OCc1c(Cl)cccc1Cl)c1cc(S(=O)(=O)N2CCOCC2)ccc1Cl. The molecule has 2 aromatic carbocycles. The molecule has 0 aromatic heterocycles. The molecule has 0 radical (unpaired) electrons. The van der Waals surface area contributed by atoms with Crippen LogP contribution in [0.5, 0.6) is 0 Å². The number of ether oxygens (including phenoxy) is 2. The quantitative estimate of drug-likeness (QED) is 0.625. The Morgan fingerprint density at radius 3 is 2.32 bits per heavy atom. The number of nitrogens with zero attached hydrogens (tertiary/aromatic N) is 1. The Kier molecular flexibility index (Phi) is 6.85. The van der Waals surface area contributed by atoms with Gasteiger partial charge in [-0.25, -0.2) is 13.2 Å². The minimum atomic E-state index is -3.77. The van der Waals surface area contributed by atoms with Gasteiger partial charge in [-0.15, -0.1) is 0 Å². The molecule has 28 heavy (non-hydrogen) atoms. The molecule has 0 bridgehead atoms. The fourth-order valence-electron chi connectivity index (χ4n) is 2.64. The van der Waals surface area contributed by atoms with Gasteiger partial charge in [-0.1, -0.05) is 40.9 Å². The van der Waals surface area contributed by atoms with Crippen LogP contribution in [0.4, 0.5) is 0 Å². The Morgan fingerprint density at radius 1 is 1.04 bits per heavy atom. The summed E-state index contributed by atoms with van der Waals surface area (Å²) in [4.78, 5) is 12.5. The number of benzene rings is 2. The molecule has 0 atom stereocenters. The Balaban J connectivity index is 1.82. The lowest BCUT2D eigenvalue weighted by Gasteiger charge is -2.26. The van der Waals surface area contributed by atoms with Crippen LogP contribution < -0.4 is 0 Å². The van der Waals surface area contributed by atoms with Gasteiger partial charge in [-0.05, 0) is 30.3 Å². The van der Waals surface area contributed by atoms with Crippen LogP contribution in [0.2, 0.25) is 15.1 Å². The Bertz CT molecular complexity index is 970. The van der Waals surface area contributed by atoms with E-state index in [9.17, 15) is 13.2 Å². The van der Waals surface area contributed by atoms with Gasteiger partial charge in [-0.3, -0.25) is 0 Å². The standard InChI is InChI=1S/C18H16Cl3NO5S/c19-15-2-1-3-16(20)14(15)11-27-18(23)13-10-12(4-5-17(13)21)28(24,25)22-6-8-26-9-7-22/h1-5,10H,6-9,11H2. The van der Waals surface area contributed by atoms with E-state index >= 15 is 0 Å². The fraction of sp³-hybridized carbons (Fsp3) is 0.278. The number of carbonyl (C=O) groups excluding carboxylic acids is 1. The first kappa shape index (κ1) is 21.4. The average Bonchev–Trinajstić information content (AvgIpc) is 2.68. The molecule has 0 saturated carbocycles. The molecule has 0 unspecified atom stereocenters. The smallest absolute Gasteiger partial charge is 0.340 e. The maximum atomic E-state index is 12.8. The van der Waals surface area contributed by atoms with Crippen molar-refractivity contribution < 1.29 is 22.7 Å². The summed E-state index contributed by atoms with van der Waals surface area (Å²) in [5, 5.41) is 0.793. The number of hydrogen-bond acceptors (Lipinski definition) is 5. The van der Waals surface area contributed by atoms with E-state index in [0.29, 0.717) is 28.8 Å². The van der Waals surface area contributed by atoms with Gasteiger partial charge in [0.15, 0.2) is 0 Å². The van der Waals surface area contributed by atoms with E-state index in [1.54, 1.807) is 18.2 Å². The van der Waals surface area contributed by atoms with Crippen LogP contribution >= 0.6 is 34.8 Å². The second kappa shape index (κ2) is 8.98. The van der Waals surface area contributed by atoms with Gasteiger partial charge in [0, 0.05) is 28.7 Å². The second-order valence-electron chi connectivity index (χ2n) is 5.93. The first-order valence-electron chi connectivity index (χ1n) is 8.28. The zero-order chi connectivity index (χ0) is 20.3. The van der Waals surface area contributed by atoms with Crippen LogP contribution in [-0.2, 0) is 26.1 Å². The molecule has 1 fully saturated rings. The average molecular weight is 465 g/mol. The second-order valence-corrected chi connectivity index (χ2v) is 9.09. The molecule has 2 aromatic rings. The Morgan fingerprint density at radius 2 is 1.68 bits per heavy atom. The van der Waals surface area contributed by atoms with Crippen LogP contribution in [0.1, 0.15) is 15.9 Å². The first-order chi connectivity index (χ1) is 13.3. The zero-order valence-corrected chi connectivity index (χ0v) is 17.6. The van der Waals surface area contributed by atoms with E-state index < -0.39 is 16.0 Å². The highest BCUT2D eigenvalue weighted by molar-refractivity contribution is 7.89. The van der Waals surface area contributed by atoms with Crippen molar-refractivity contribution in [3.63, 3.8) is 0 Å². The van der Waals surface area contributed by atoms with Crippen LogP contribution in [0.25, 0.3) is 0 Å². The van der Waals surface area contributed by atoms with E-state index in [1.165, 1.54) is 22.5 Å². The van der Waals surface area contributed by atoms with E-state index in [2.05, 4.69) is 0 Å². The van der Waals surface area contributed by atoms with Gasteiger partial charge in [0.25, 0.3) is 0 Å². The van der Waals surface area contributed by atoms with Crippen LogP contribution in [0.3, 0.4) is 0 Å². The molecule has 0 aliphatic carbocycles. The molecule has 0 amide bonds. The predicted octanol–water partition coefficient (Wildman–Crippen LogP) is 4.02. The third-order valence-electron chi connectivity index (χ3n) is 4.17. The number of esters is 1. The highest BCUT2D eigenvalue weighted by Crippen LogP contribution is 2.27. The van der Waals surface area contributed by atoms with E-state index in [1.807, 2.05) is 0 Å². The lowest BCUT2D eigenvalue weighted by atomic mass is 10.2. The fourth-order valence-corrected chi connectivity index (χ4v) is 4.78. The summed E-state index contributed by atoms with van der Waals surface area (Å²) >= 11 is 18.2. The van der Waals surface area contributed by atoms with Gasteiger partial charge in [-0.2, -0.15) is 4.31 Å². The maximum absolute atomic E-state index is 12.8. The molecule has 1 aliphatic heterocycles. The van der Waals surface area contributed by atoms with E-state index in [4.69, 9.17) is 44.3 Å². The number of sulfonamides is 1. The Labute approximate surface area is 177 Å². The summed E-state index contributed by atoms with van der Waals surface area (Å²) in [7, 11) is -3.77. The van der Waals surface area contributed by atoms with Crippen molar-refractivity contribution in [2.45, 2.75) is 11.5 Å². The molecule has 3 rings (SSSR count). The zero-order valence-electron chi connectivity index (χ0n) is 14.5. The number of rotatable bonds is 5. The summed E-state index contributed by atoms with van der Waals surface area (Å²) in [6, 6.07) is 8.84. The van der Waals surface area contributed by atoms with Crippen molar-refractivity contribution in [3.05, 3.63) is 62.6 Å². The third kappa shape index (κ3) is 4.62. The summed E-state index contributed by atoms with van der Waals surface area (Å²) in [5.74, 6) is -0.778. The summed E-state index contributed by atoms with van der Waals surface area (Å²) in [5.41, 5.74) is 0.395. The van der Waals surface area contributed by atoms with Gasteiger partial charge < -0.3 is 9.47 Å².